The van der Waals surface area contributed by atoms with Crippen molar-refractivity contribution < 1.29 is 14.3 Å². The van der Waals surface area contributed by atoms with Gasteiger partial charge in [-0.2, -0.15) is 0 Å². The molecule has 0 radical (unpaired) electrons. The Morgan fingerprint density at radius 3 is 2.46 bits per heavy atom. The van der Waals surface area contributed by atoms with Crippen molar-refractivity contribution in [2.45, 2.75) is 32.9 Å². The molecule has 4 nitrogen and oxygen atoms in total. The molecule has 74 valence electrons. The molecule has 0 aromatic carbocycles. The van der Waals surface area contributed by atoms with Crippen molar-refractivity contribution in [3.63, 3.8) is 0 Å². The Labute approximate surface area is 77.8 Å². The monoisotopic (exact) mass is 185 g/mol. The Morgan fingerprint density at radius 2 is 2.00 bits per heavy atom. The third-order valence-corrected chi connectivity index (χ3v) is 2.21. The van der Waals surface area contributed by atoms with Gasteiger partial charge in [-0.05, 0) is 6.92 Å². The Balaban J connectivity index is 2.35. The van der Waals surface area contributed by atoms with Crippen LogP contribution in [0.2, 0.25) is 0 Å². The molecule has 0 spiro atoms. The van der Waals surface area contributed by atoms with Crippen LogP contribution in [0.25, 0.3) is 0 Å². The number of carbonyl (C=O) groups is 2. The van der Waals surface area contributed by atoms with Crippen LogP contribution in [0.1, 0.15) is 26.7 Å². The summed E-state index contributed by atoms with van der Waals surface area (Å²) in [5.74, 6) is 0.0238. The van der Waals surface area contributed by atoms with E-state index in [-0.39, 0.29) is 12.2 Å². The van der Waals surface area contributed by atoms with Gasteiger partial charge in [-0.1, -0.05) is 0 Å². The third kappa shape index (κ3) is 3.14. The van der Waals surface area contributed by atoms with Crippen LogP contribution >= 0.6 is 0 Å². The predicted octanol–water partition coefficient (Wildman–Crippen LogP) is 0.560. The largest absolute Gasteiger partial charge is 0.447 e. The maximum atomic E-state index is 10.9. The zero-order chi connectivity index (χ0) is 9.84. The van der Waals surface area contributed by atoms with Gasteiger partial charge in [-0.3, -0.25) is 14.5 Å². The highest BCUT2D eigenvalue weighted by molar-refractivity contribution is 5.79. The van der Waals surface area contributed by atoms with Crippen molar-refractivity contribution in [2.75, 3.05) is 13.1 Å². The SMILES string of the molecule is CC(=O)OC(C)N1CCC(=O)CC1. The molecule has 13 heavy (non-hydrogen) atoms. The Bertz CT molecular complexity index is 205. The van der Waals surface area contributed by atoms with E-state index in [4.69, 9.17) is 4.74 Å². The molecule has 0 aliphatic carbocycles. The van der Waals surface area contributed by atoms with Crippen molar-refractivity contribution in [1.82, 2.24) is 4.90 Å². The number of hydrogen-bond acceptors (Lipinski definition) is 4. The third-order valence-electron chi connectivity index (χ3n) is 2.21. The maximum absolute atomic E-state index is 10.9. The molecule has 1 saturated heterocycles. The quantitative estimate of drug-likeness (QED) is 0.590. The number of Topliss-reactive ketones (excluding diaryl/α,β-unsaturated/α-hetero) is 1. The second kappa shape index (κ2) is 4.37. The van der Waals surface area contributed by atoms with Crippen molar-refractivity contribution in [1.29, 1.82) is 0 Å². The van der Waals surface area contributed by atoms with E-state index in [1.54, 1.807) is 0 Å². The number of esters is 1. The van der Waals surface area contributed by atoms with Crippen LogP contribution < -0.4 is 0 Å². The fraction of sp³-hybridized carbons (Fsp3) is 0.778. The molecule has 0 amide bonds. The van der Waals surface area contributed by atoms with E-state index in [0.717, 1.165) is 0 Å². The molecule has 1 aliphatic rings. The van der Waals surface area contributed by atoms with Crippen molar-refractivity contribution in [2.24, 2.45) is 0 Å². The lowest BCUT2D eigenvalue weighted by Gasteiger charge is -2.30. The molecule has 1 atom stereocenters. The normalized spacial score (nSPS) is 21.2. The number of ketones is 1. The van der Waals surface area contributed by atoms with Crippen molar-refractivity contribution in [3.05, 3.63) is 0 Å². The van der Waals surface area contributed by atoms with Gasteiger partial charge in [0.05, 0.1) is 0 Å². The molecular weight excluding hydrogens is 170 g/mol. The maximum Gasteiger partial charge on any atom is 0.304 e. The van der Waals surface area contributed by atoms with Crippen LogP contribution in [0, 0.1) is 0 Å². The van der Waals surface area contributed by atoms with Crippen LogP contribution in [-0.4, -0.2) is 36.0 Å². The predicted molar refractivity (Wildman–Crippen MR) is 47.0 cm³/mol. The number of nitrogens with zero attached hydrogens (tertiary/aromatic N) is 1. The average molecular weight is 185 g/mol. The molecule has 1 aliphatic heterocycles. The van der Waals surface area contributed by atoms with Gasteiger partial charge < -0.3 is 4.74 Å². The lowest BCUT2D eigenvalue weighted by atomic mass is 10.1. The summed E-state index contributed by atoms with van der Waals surface area (Å²) in [4.78, 5) is 23.6. The van der Waals surface area contributed by atoms with E-state index in [0.29, 0.717) is 31.7 Å². The van der Waals surface area contributed by atoms with Crippen LogP contribution in [0.4, 0.5) is 0 Å². The topological polar surface area (TPSA) is 46.6 Å². The molecular formula is C9H15NO3. The zero-order valence-corrected chi connectivity index (χ0v) is 8.08. The molecule has 1 fully saturated rings. The minimum atomic E-state index is -0.274. The van der Waals surface area contributed by atoms with Gasteiger partial charge in [-0.15, -0.1) is 0 Å². The number of ether oxygens (including phenoxy) is 1. The molecule has 0 N–H and O–H groups in total. The first kappa shape index (κ1) is 10.2. The van der Waals surface area contributed by atoms with E-state index in [2.05, 4.69) is 0 Å². The van der Waals surface area contributed by atoms with E-state index in [1.807, 2.05) is 11.8 Å². The lowest BCUT2D eigenvalue weighted by molar-refractivity contribution is -0.156. The highest BCUT2D eigenvalue weighted by atomic mass is 16.6. The Hall–Kier alpha value is -0.900. The molecule has 1 heterocycles. The first-order chi connectivity index (χ1) is 6.09. The Morgan fingerprint density at radius 1 is 1.46 bits per heavy atom. The summed E-state index contributed by atoms with van der Waals surface area (Å²) < 4.78 is 5.00. The summed E-state index contributed by atoms with van der Waals surface area (Å²) in [6, 6.07) is 0. The minimum absolute atomic E-state index is 0.203. The van der Waals surface area contributed by atoms with Crippen LogP contribution in [0.5, 0.6) is 0 Å². The van der Waals surface area contributed by atoms with Gasteiger partial charge >= 0.3 is 5.97 Å². The van der Waals surface area contributed by atoms with E-state index in [9.17, 15) is 9.59 Å². The molecule has 4 heteroatoms. The summed E-state index contributed by atoms with van der Waals surface area (Å²) >= 11 is 0. The van der Waals surface area contributed by atoms with Crippen molar-refractivity contribution in [3.8, 4) is 0 Å². The molecule has 1 rings (SSSR count). The Kier molecular flexibility index (Phi) is 3.42. The summed E-state index contributed by atoms with van der Waals surface area (Å²) in [5, 5.41) is 0. The van der Waals surface area contributed by atoms with Gasteiger partial charge in [-0.25, -0.2) is 0 Å². The molecule has 0 aromatic heterocycles. The number of likely N-dealkylation sites (tertiary alicyclic amines) is 1. The number of carbonyl (C=O) groups excluding carboxylic acids is 2. The number of piperidine rings is 1. The first-order valence-electron chi connectivity index (χ1n) is 4.52. The van der Waals surface area contributed by atoms with Crippen LogP contribution in [0.15, 0.2) is 0 Å². The van der Waals surface area contributed by atoms with Crippen molar-refractivity contribution >= 4 is 11.8 Å². The molecule has 0 saturated carbocycles. The number of hydrogen-bond donors (Lipinski definition) is 0. The molecule has 0 aromatic rings. The van der Waals surface area contributed by atoms with E-state index >= 15 is 0 Å². The van der Waals surface area contributed by atoms with Gasteiger partial charge in [0, 0.05) is 32.9 Å². The molecule has 1 unspecified atom stereocenters. The van der Waals surface area contributed by atoms with Crippen LogP contribution in [-0.2, 0) is 14.3 Å². The fourth-order valence-corrected chi connectivity index (χ4v) is 1.45. The average Bonchev–Trinajstić information content (AvgIpc) is 2.04. The van der Waals surface area contributed by atoms with Crippen LogP contribution in [0.3, 0.4) is 0 Å². The summed E-state index contributed by atoms with van der Waals surface area (Å²) in [6.07, 6.45) is 0.947. The second-order valence-electron chi connectivity index (χ2n) is 3.28. The zero-order valence-electron chi connectivity index (χ0n) is 8.08. The van der Waals surface area contributed by atoms with E-state index < -0.39 is 0 Å². The summed E-state index contributed by atoms with van der Waals surface area (Å²) in [5.41, 5.74) is 0. The van der Waals surface area contributed by atoms with E-state index in [1.165, 1.54) is 6.92 Å². The second-order valence-corrected chi connectivity index (χ2v) is 3.28. The highest BCUT2D eigenvalue weighted by Gasteiger charge is 2.21. The van der Waals surface area contributed by atoms with Gasteiger partial charge in [0.2, 0.25) is 0 Å². The fourth-order valence-electron chi connectivity index (χ4n) is 1.45. The van der Waals surface area contributed by atoms with Gasteiger partial charge in [0.15, 0.2) is 6.23 Å². The van der Waals surface area contributed by atoms with Gasteiger partial charge in [0.25, 0.3) is 0 Å². The first-order valence-corrected chi connectivity index (χ1v) is 4.52. The summed E-state index contributed by atoms with van der Waals surface area (Å²) in [6.45, 7) is 4.63. The summed E-state index contributed by atoms with van der Waals surface area (Å²) in [7, 11) is 0. The number of rotatable bonds is 2. The smallest absolute Gasteiger partial charge is 0.304 e. The highest BCUT2D eigenvalue weighted by Crippen LogP contribution is 2.10. The molecule has 0 bridgehead atoms. The minimum Gasteiger partial charge on any atom is -0.447 e. The van der Waals surface area contributed by atoms with Gasteiger partial charge in [0.1, 0.15) is 5.78 Å². The standard InChI is InChI=1S/C9H15NO3/c1-7(13-8(2)11)10-5-3-9(12)4-6-10/h7H,3-6H2,1-2H3. The lowest BCUT2D eigenvalue weighted by Crippen LogP contribution is -2.42.